The van der Waals surface area contributed by atoms with E-state index >= 15 is 0 Å². The van der Waals surface area contributed by atoms with Crippen molar-refractivity contribution in [3.8, 4) is 0 Å². The molecule has 0 saturated carbocycles. The predicted octanol–water partition coefficient (Wildman–Crippen LogP) is 2.97. The minimum absolute atomic E-state index is 0.361. The van der Waals surface area contributed by atoms with Gasteiger partial charge in [0, 0.05) is 19.3 Å². The molecule has 0 heterocycles. The second-order valence-electron chi connectivity index (χ2n) is 4.83. The van der Waals surface area contributed by atoms with E-state index in [1.165, 1.54) is 5.56 Å². The highest BCUT2D eigenvalue weighted by Gasteiger charge is 2.16. The molecule has 1 aromatic rings. The largest absolute Gasteiger partial charge is 0.481 e. The Labute approximate surface area is 103 Å². The number of hydrogen-bond acceptors (Lipinski definition) is 2. The minimum Gasteiger partial charge on any atom is -0.481 e. The van der Waals surface area contributed by atoms with Gasteiger partial charge in [0.25, 0.3) is 0 Å². The summed E-state index contributed by atoms with van der Waals surface area (Å²) in [5.74, 6) is -0.673. The first-order valence-corrected chi connectivity index (χ1v) is 5.96. The molecule has 17 heavy (non-hydrogen) atoms. The van der Waals surface area contributed by atoms with Gasteiger partial charge < -0.3 is 10.0 Å². The van der Waals surface area contributed by atoms with Gasteiger partial charge in [-0.25, -0.2) is 0 Å². The maximum absolute atomic E-state index is 10.9. The van der Waals surface area contributed by atoms with Crippen molar-refractivity contribution in [1.29, 1.82) is 0 Å². The summed E-state index contributed by atoms with van der Waals surface area (Å²) in [5, 5.41) is 8.93. The molecule has 94 valence electrons. The molecule has 0 amide bonds. The van der Waals surface area contributed by atoms with E-state index < -0.39 is 5.97 Å². The van der Waals surface area contributed by atoms with E-state index in [0.717, 1.165) is 5.69 Å². The molecule has 0 spiro atoms. The van der Waals surface area contributed by atoms with Crippen molar-refractivity contribution >= 4 is 11.7 Å². The Morgan fingerprint density at radius 3 is 2.41 bits per heavy atom. The Morgan fingerprint density at radius 1 is 1.29 bits per heavy atom. The zero-order chi connectivity index (χ0) is 13.0. The van der Waals surface area contributed by atoms with Crippen LogP contribution in [0.25, 0.3) is 0 Å². The Morgan fingerprint density at radius 2 is 1.88 bits per heavy atom. The third kappa shape index (κ3) is 3.48. The molecule has 0 bridgehead atoms. The fraction of sp³-hybridized carbons (Fsp3) is 0.500. The molecule has 3 nitrogen and oxygen atoms in total. The zero-order valence-corrected chi connectivity index (χ0v) is 11.0. The van der Waals surface area contributed by atoms with Crippen molar-refractivity contribution in [1.82, 2.24) is 0 Å². The highest BCUT2D eigenvalue weighted by atomic mass is 16.4. The lowest BCUT2D eigenvalue weighted by Gasteiger charge is -2.25. The van der Waals surface area contributed by atoms with Crippen molar-refractivity contribution < 1.29 is 9.90 Å². The summed E-state index contributed by atoms with van der Waals surface area (Å²) in [7, 11) is 1.95. The van der Waals surface area contributed by atoms with Crippen LogP contribution < -0.4 is 4.90 Å². The maximum Gasteiger partial charge on any atom is 0.308 e. The number of aliphatic carboxylic acids is 1. The van der Waals surface area contributed by atoms with Crippen LogP contribution in [0.4, 0.5) is 5.69 Å². The molecular weight excluding hydrogens is 214 g/mol. The van der Waals surface area contributed by atoms with Crippen molar-refractivity contribution in [2.75, 3.05) is 18.5 Å². The smallest absolute Gasteiger partial charge is 0.308 e. The van der Waals surface area contributed by atoms with Crippen molar-refractivity contribution in [2.24, 2.45) is 5.92 Å². The molecule has 0 aromatic heterocycles. The number of hydrogen-bond donors (Lipinski definition) is 1. The molecule has 0 aliphatic rings. The molecule has 1 aromatic carbocycles. The lowest BCUT2D eigenvalue weighted by atomic mass is 10.00. The van der Waals surface area contributed by atoms with E-state index in [1.807, 2.05) is 30.1 Å². The fourth-order valence-electron chi connectivity index (χ4n) is 1.91. The molecule has 1 rings (SSSR count). The standard InChI is InChI=1S/C14H21NO2/c1-10(2)12-7-5-6-8-13(12)15(4)9-11(3)14(16)17/h5-8,10-11H,9H2,1-4H3,(H,16,17). The molecule has 0 aliphatic carbocycles. The number of carboxylic acids is 1. The van der Waals surface area contributed by atoms with Gasteiger partial charge in [-0.1, -0.05) is 39.0 Å². The number of carbonyl (C=O) groups is 1. The molecule has 0 aliphatic heterocycles. The summed E-state index contributed by atoms with van der Waals surface area (Å²) in [6, 6.07) is 8.16. The van der Waals surface area contributed by atoms with Gasteiger partial charge >= 0.3 is 5.97 Å². The molecule has 0 saturated heterocycles. The summed E-state index contributed by atoms with van der Waals surface area (Å²) in [6.07, 6.45) is 0. The summed E-state index contributed by atoms with van der Waals surface area (Å²) in [6.45, 7) is 6.55. The Kier molecular flexibility index (Phi) is 4.55. The Hall–Kier alpha value is -1.51. The summed E-state index contributed by atoms with van der Waals surface area (Å²) < 4.78 is 0. The fourth-order valence-corrected chi connectivity index (χ4v) is 1.91. The second-order valence-corrected chi connectivity index (χ2v) is 4.83. The van der Waals surface area contributed by atoms with Gasteiger partial charge in [0.2, 0.25) is 0 Å². The molecule has 0 radical (unpaired) electrons. The lowest BCUT2D eigenvalue weighted by molar-refractivity contribution is -0.140. The first-order valence-electron chi connectivity index (χ1n) is 5.96. The quantitative estimate of drug-likeness (QED) is 0.853. The predicted molar refractivity (Wildman–Crippen MR) is 70.6 cm³/mol. The van der Waals surface area contributed by atoms with Crippen LogP contribution in [0.15, 0.2) is 24.3 Å². The van der Waals surface area contributed by atoms with Crippen LogP contribution in [0.3, 0.4) is 0 Å². The average Bonchev–Trinajstić information content (AvgIpc) is 2.28. The molecule has 0 fully saturated rings. The van der Waals surface area contributed by atoms with E-state index in [-0.39, 0.29) is 5.92 Å². The third-order valence-corrected chi connectivity index (χ3v) is 2.94. The SMILES string of the molecule is CC(CN(C)c1ccccc1C(C)C)C(=O)O. The van der Waals surface area contributed by atoms with Crippen LogP contribution in [0.2, 0.25) is 0 Å². The minimum atomic E-state index is -0.751. The Bertz CT molecular complexity index is 388. The summed E-state index contributed by atoms with van der Waals surface area (Å²) >= 11 is 0. The normalized spacial score (nSPS) is 12.5. The van der Waals surface area contributed by atoms with Crippen LogP contribution >= 0.6 is 0 Å². The van der Waals surface area contributed by atoms with Gasteiger partial charge in [-0.3, -0.25) is 4.79 Å². The van der Waals surface area contributed by atoms with E-state index in [2.05, 4.69) is 19.9 Å². The monoisotopic (exact) mass is 235 g/mol. The first kappa shape index (κ1) is 13.6. The highest BCUT2D eigenvalue weighted by molar-refractivity contribution is 5.70. The molecule has 1 unspecified atom stereocenters. The first-order chi connectivity index (χ1) is 7.93. The van der Waals surface area contributed by atoms with Crippen LogP contribution in [0.1, 0.15) is 32.3 Å². The molecule has 1 atom stereocenters. The molecule has 1 N–H and O–H groups in total. The van der Waals surface area contributed by atoms with Gasteiger partial charge in [0.1, 0.15) is 0 Å². The van der Waals surface area contributed by atoms with Crippen molar-refractivity contribution in [3.63, 3.8) is 0 Å². The van der Waals surface area contributed by atoms with Gasteiger partial charge in [-0.2, -0.15) is 0 Å². The summed E-state index contributed by atoms with van der Waals surface area (Å²) in [4.78, 5) is 12.9. The van der Waals surface area contributed by atoms with E-state index in [0.29, 0.717) is 12.5 Å². The number of anilines is 1. The van der Waals surface area contributed by atoms with Gasteiger partial charge in [-0.15, -0.1) is 0 Å². The number of benzene rings is 1. The second kappa shape index (κ2) is 5.71. The van der Waals surface area contributed by atoms with Crippen molar-refractivity contribution in [2.45, 2.75) is 26.7 Å². The lowest BCUT2D eigenvalue weighted by Crippen LogP contribution is -2.29. The average molecular weight is 235 g/mol. The highest BCUT2D eigenvalue weighted by Crippen LogP contribution is 2.26. The number of carboxylic acid groups (broad SMARTS) is 1. The van der Waals surface area contributed by atoms with E-state index in [4.69, 9.17) is 5.11 Å². The molecule has 3 heteroatoms. The van der Waals surface area contributed by atoms with Gasteiger partial charge in [0.05, 0.1) is 5.92 Å². The number of rotatable bonds is 5. The third-order valence-electron chi connectivity index (χ3n) is 2.94. The molecular formula is C14H21NO2. The maximum atomic E-state index is 10.9. The van der Waals surface area contributed by atoms with Crippen LogP contribution in [0.5, 0.6) is 0 Å². The van der Waals surface area contributed by atoms with E-state index in [1.54, 1.807) is 6.92 Å². The van der Waals surface area contributed by atoms with Crippen molar-refractivity contribution in [3.05, 3.63) is 29.8 Å². The zero-order valence-electron chi connectivity index (χ0n) is 11.0. The topological polar surface area (TPSA) is 40.5 Å². The summed E-state index contributed by atoms with van der Waals surface area (Å²) in [5.41, 5.74) is 2.38. The van der Waals surface area contributed by atoms with Crippen LogP contribution in [-0.2, 0) is 4.79 Å². The van der Waals surface area contributed by atoms with Gasteiger partial charge in [0.15, 0.2) is 0 Å². The van der Waals surface area contributed by atoms with Gasteiger partial charge in [-0.05, 0) is 17.5 Å². The Balaban J connectivity index is 2.88. The van der Waals surface area contributed by atoms with Crippen LogP contribution in [-0.4, -0.2) is 24.7 Å². The van der Waals surface area contributed by atoms with Crippen LogP contribution in [0, 0.1) is 5.92 Å². The number of para-hydroxylation sites is 1. The van der Waals surface area contributed by atoms with E-state index in [9.17, 15) is 4.79 Å². The number of nitrogens with zero attached hydrogens (tertiary/aromatic N) is 1.